The van der Waals surface area contributed by atoms with Crippen molar-refractivity contribution in [3.05, 3.63) is 29.3 Å². The Balaban J connectivity index is 1.91. The molecule has 1 heterocycles. The van der Waals surface area contributed by atoms with Gasteiger partial charge in [0.1, 0.15) is 5.75 Å². The monoisotopic (exact) mass is 262 g/mol. The van der Waals surface area contributed by atoms with Gasteiger partial charge < -0.3 is 15.4 Å². The van der Waals surface area contributed by atoms with Crippen molar-refractivity contribution in [2.24, 2.45) is 0 Å². The number of ether oxygens (including phenoxy) is 1. The van der Waals surface area contributed by atoms with Gasteiger partial charge in [-0.15, -0.1) is 0 Å². The zero-order valence-corrected chi connectivity index (χ0v) is 12.4. The third-order valence-electron chi connectivity index (χ3n) is 3.82. The fourth-order valence-corrected chi connectivity index (χ4v) is 2.50. The maximum atomic E-state index is 5.57. The highest BCUT2D eigenvalue weighted by Gasteiger charge is 2.22. The lowest BCUT2D eigenvalue weighted by atomic mass is 9.83. The number of hydrogen-bond acceptors (Lipinski definition) is 3. The Morgan fingerprint density at radius 2 is 2.11 bits per heavy atom. The molecule has 19 heavy (non-hydrogen) atoms. The summed E-state index contributed by atoms with van der Waals surface area (Å²) in [5.74, 6) is 1.07. The van der Waals surface area contributed by atoms with Gasteiger partial charge in [0.2, 0.25) is 0 Å². The molecule has 2 N–H and O–H groups in total. The third-order valence-corrected chi connectivity index (χ3v) is 3.82. The Bertz CT molecular complexity index is 415. The Morgan fingerprint density at radius 3 is 2.89 bits per heavy atom. The minimum atomic E-state index is 0.164. The molecule has 0 fully saturated rings. The van der Waals surface area contributed by atoms with Crippen LogP contribution in [0, 0.1) is 0 Å². The van der Waals surface area contributed by atoms with Gasteiger partial charge in [0, 0.05) is 18.4 Å². The van der Waals surface area contributed by atoms with Crippen LogP contribution in [0.3, 0.4) is 0 Å². The molecule has 3 heteroatoms. The van der Waals surface area contributed by atoms with E-state index in [0.717, 1.165) is 38.4 Å². The van der Waals surface area contributed by atoms with E-state index in [1.807, 2.05) is 7.05 Å². The van der Waals surface area contributed by atoms with Gasteiger partial charge in [-0.05, 0) is 43.8 Å². The Morgan fingerprint density at radius 1 is 1.26 bits per heavy atom. The molecule has 2 rings (SSSR count). The maximum absolute atomic E-state index is 5.57. The second-order valence-corrected chi connectivity index (χ2v) is 5.94. The molecule has 0 amide bonds. The average Bonchev–Trinajstić information content (AvgIpc) is 2.85. The zero-order valence-electron chi connectivity index (χ0n) is 12.4. The van der Waals surface area contributed by atoms with Crippen LogP contribution in [-0.4, -0.2) is 33.3 Å². The van der Waals surface area contributed by atoms with Crippen LogP contribution in [0.2, 0.25) is 0 Å². The molecule has 0 saturated carbocycles. The van der Waals surface area contributed by atoms with E-state index in [1.54, 1.807) is 0 Å². The van der Waals surface area contributed by atoms with Gasteiger partial charge in [0.25, 0.3) is 0 Å². The van der Waals surface area contributed by atoms with Crippen LogP contribution in [0.4, 0.5) is 0 Å². The van der Waals surface area contributed by atoms with Crippen molar-refractivity contribution < 1.29 is 4.74 Å². The second-order valence-electron chi connectivity index (χ2n) is 5.94. The minimum absolute atomic E-state index is 0.164. The van der Waals surface area contributed by atoms with Crippen LogP contribution in [0.25, 0.3) is 0 Å². The summed E-state index contributed by atoms with van der Waals surface area (Å²) in [6.07, 6.45) is 2.22. The number of rotatable bonds is 7. The normalized spacial score (nSPS) is 14.3. The lowest BCUT2D eigenvalue weighted by Crippen LogP contribution is -2.34. The zero-order chi connectivity index (χ0) is 13.7. The van der Waals surface area contributed by atoms with E-state index in [9.17, 15) is 0 Å². The van der Waals surface area contributed by atoms with Crippen LogP contribution in [0.5, 0.6) is 5.75 Å². The summed E-state index contributed by atoms with van der Waals surface area (Å²) in [7, 11) is 2.00. The van der Waals surface area contributed by atoms with Crippen molar-refractivity contribution in [1.82, 2.24) is 10.6 Å². The molecule has 0 radical (unpaired) electrons. The van der Waals surface area contributed by atoms with Crippen molar-refractivity contribution in [3.63, 3.8) is 0 Å². The van der Waals surface area contributed by atoms with E-state index >= 15 is 0 Å². The second kappa shape index (κ2) is 6.40. The highest BCUT2D eigenvalue weighted by atomic mass is 16.5. The van der Waals surface area contributed by atoms with Crippen LogP contribution in [0.1, 0.15) is 31.4 Å². The smallest absolute Gasteiger partial charge is 0.122 e. The van der Waals surface area contributed by atoms with Crippen molar-refractivity contribution in [3.8, 4) is 5.75 Å². The van der Waals surface area contributed by atoms with E-state index in [4.69, 9.17) is 4.74 Å². The van der Waals surface area contributed by atoms with Crippen LogP contribution in [0.15, 0.2) is 18.2 Å². The van der Waals surface area contributed by atoms with Gasteiger partial charge in [-0.3, -0.25) is 0 Å². The van der Waals surface area contributed by atoms with Gasteiger partial charge >= 0.3 is 0 Å². The van der Waals surface area contributed by atoms with Crippen molar-refractivity contribution in [1.29, 1.82) is 0 Å². The van der Waals surface area contributed by atoms with Gasteiger partial charge in [0.15, 0.2) is 0 Å². The number of nitrogens with one attached hydrogen (secondary N) is 2. The molecule has 0 saturated heterocycles. The number of fused-ring (bicyclic) bond motifs is 1. The topological polar surface area (TPSA) is 33.3 Å². The molecule has 1 aromatic rings. The van der Waals surface area contributed by atoms with Gasteiger partial charge in [-0.1, -0.05) is 26.0 Å². The third kappa shape index (κ3) is 3.71. The Kier molecular flexibility index (Phi) is 4.83. The van der Waals surface area contributed by atoms with E-state index in [-0.39, 0.29) is 5.41 Å². The first-order chi connectivity index (χ1) is 9.13. The minimum Gasteiger partial charge on any atom is -0.493 e. The lowest BCUT2D eigenvalue weighted by molar-refractivity contribution is 0.356. The largest absolute Gasteiger partial charge is 0.493 e. The van der Waals surface area contributed by atoms with Crippen LogP contribution >= 0.6 is 0 Å². The molecule has 106 valence electrons. The summed E-state index contributed by atoms with van der Waals surface area (Å²) in [4.78, 5) is 0. The first-order valence-corrected chi connectivity index (χ1v) is 7.25. The molecule has 0 bridgehead atoms. The predicted octanol–water partition coefficient (Wildman–Crippen LogP) is 2.10. The predicted molar refractivity (Wildman–Crippen MR) is 80.1 cm³/mol. The van der Waals surface area contributed by atoms with E-state index in [1.165, 1.54) is 17.5 Å². The molecular formula is C16H26N2O. The van der Waals surface area contributed by atoms with Crippen LogP contribution < -0.4 is 15.4 Å². The lowest BCUT2D eigenvalue weighted by Gasteiger charge is -2.26. The highest BCUT2D eigenvalue weighted by molar-refractivity contribution is 5.42. The average molecular weight is 262 g/mol. The van der Waals surface area contributed by atoms with E-state index < -0.39 is 0 Å². The summed E-state index contributed by atoms with van der Waals surface area (Å²) < 4.78 is 5.57. The van der Waals surface area contributed by atoms with Crippen molar-refractivity contribution >= 4 is 0 Å². The van der Waals surface area contributed by atoms with Gasteiger partial charge in [-0.25, -0.2) is 0 Å². The maximum Gasteiger partial charge on any atom is 0.122 e. The van der Waals surface area contributed by atoms with Crippen LogP contribution in [-0.2, 0) is 11.8 Å². The number of hydrogen-bond donors (Lipinski definition) is 2. The number of benzene rings is 1. The van der Waals surface area contributed by atoms with E-state index in [2.05, 4.69) is 42.7 Å². The molecule has 0 spiro atoms. The Labute approximate surface area is 116 Å². The molecule has 0 atom stereocenters. The van der Waals surface area contributed by atoms with E-state index in [0.29, 0.717) is 0 Å². The van der Waals surface area contributed by atoms with Crippen molar-refractivity contribution in [2.45, 2.75) is 32.1 Å². The summed E-state index contributed by atoms with van der Waals surface area (Å²) in [5, 5.41) is 6.73. The fraction of sp³-hybridized carbons (Fsp3) is 0.625. The van der Waals surface area contributed by atoms with Gasteiger partial charge in [0.05, 0.1) is 6.61 Å². The first kappa shape index (κ1) is 14.4. The highest BCUT2D eigenvalue weighted by Crippen LogP contribution is 2.31. The molecule has 1 aliphatic heterocycles. The Hall–Kier alpha value is -1.06. The van der Waals surface area contributed by atoms with Gasteiger partial charge in [-0.2, -0.15) is 0 Å². The summed E-state index contributed by atoms with van der Waals surface area (Å²) >= 11 is 0. The SMILES string of the molecule is CNCCCNCC(C)(C)c1ccc2c(c1)CCO2. The molecule has 3 nitrogen and oxygen atoms in total. The molecular weight excluding hydrogens is 236 g/mol. The molecule has 0 unspecified atom stereocenters. The standard InChI is InChI=1S/C16H26N2O/c1-16(2,12-18-9-4-8-17-3)14-5-6-15-13(11-14)7-10-19-15/h5-6,11,17-18H,4,7-10,12H2,1-3H3. The fourth-order valence-electron chi connectivity index (χ4n) is 2.50. The summed E-state index contributed by atoms with van der Waals surface area (Å²) in [5.41, 5.74) is 2.93. The summed E-state index contributed by atoms with van der Waals surface area (Å²) in [6, 6.07) is 6.65. The quantitative estimate of drug-likeness (QED) is 0.738. The molecule has 0 aliphatic carbocycles. The van der Waals surface area contributed by atoms with Crippen molar-refractivity contribution in [2.75, 3.05) is 33.3 Å². The first-order valence-electron chi connectivity index (χ1n) is 7.25. The molecule has 1 aromatic carbocycles. The molecule has 0 aromatic heterocycles. The summed E-state index contributed by atoms with van der Waals surface area (Å²) in [6.45, 7) is 8.59. The molecule has 1 aliphatic rings.